The first-order chi connectivity index (χ1) is 15.0. The summed E-state index contributed by atoms with van der Waals surface area (Å²) < 4.78 is 6.32. The number of anilines is 1. The Morgan fingerprint density at radius 2 is 1.90 bits per heavy atom. The second kappa shape index (κ2) is 9.27. The Balaban J connectivity index is 1.64. The Morgan fingerprint density at radius 1 is 1.10 bits per heavy atom. The number of rotatable bonds is 7. The highest BCUT2D eigenvalue weighted by molar-refractivity contribution is 7.22. The summed E-state index contributed by atoms with van der Waals surface area (Å²) in [5, 5.41) is 0.665. The third-order valence-electron chi connectivity index (χ3n) is 5.16. The quantitative estimate of drug-likeness (QED) is 0.382. The summed E-state index contributed by atoms with van der Waals surface area (Å²) in [6, 6.07) is 19.8. The number of carbonyl (C=O) groups excluding carboxylic acids is 1. The Kier molecular flexibility index (Phi) is 6.28. The van der Waals surface area contributed by atoms with Crippen molar-refractivity contribution in [1.82, 2.24) is 9.97 Å². The van der Waals surface area contributed by atoms with Crippen molar-refractivity contribution in [2.45, 2.75) is 32.7 Å². The average Bonchev–Trinajstić information content (AvgIpc) is 3.21. The largest absolute Gasteiger partial charge is 0.497 e. The van der Waals surface area contributed by atoms with E-state index in [0.29, 0.717) is 24.0 Å². The Bertz CT molecular complexity index is 1170. The van der Waals surface area contributed by atoms with Gasteiger partial charge in [-0.25, -0.2) is 4.98 Å². The molecule has 4 rings (SSSR count). The minimum Gasteiger partial charge on any atom is -0.497 e. The Labute approximate surface area is 186 Å². The van der Waals surface area contributed by atoms with Crippen LogP contribution in [0.2, 0.25) is 0 Å². The van der Waals surface area contributed by atoms with Gasteiger partial charge in [-0.3, -0.25) is 14.7 Å². The maximum Gasteiger partial charge on any atom is 0.233 e. The molecule has 0 N–H and O–H groups in total. The molecule has 6 heteroatoms. The fourth-order valence-corrected chi connectivity index (χ4v) is 4.31. The molecule has 0 aliphatic heterocycles. The highest BCUT2D eigenvalue weighted by Gasteiger charge is 2.21. The molecule has 0 saturated carbocycles. The third kappa shape index (κ3) is 4.91. The van der Waals surface area contributed by atoms with E-state index in [2.05, 4.69) is 31.0 Å². The van der Waals surface area contributed by atoms with Gasteiger partial charge < -0.3 is 4.74 Å². The lowest BCUT2D eigenvalue weighted by Crippen LogP contribution is -2.32. The fourth-order valence-electron chi connectivity index (χ4n) is 3.34. The lowest BCUT2D eigenvalue weighted by Gasteiger charge is -2.20. The summed E-state index contributed by atoms with van der Waals surface area (Å²) in [6.45, 7) is 4.70. The van der Waals surface area contributed by atoms with Gasteiger partial charge in [0.05, 0.1) is 36.0 Å². The highest BCUT2D eigenvalue weighted by Crippen LogP contribution is 2.32. The van der Waals surface area contributed by atoms with Crippen molar-refractivity contribution in [3.8, 4) is 5.75 Å². The zero-order valence-electron chi connectivity index (χ0n) is 17.9. The summed E-state index contributed by atoms with van der Waals surface area (Å²) in [6.07, 6.45) is 2.05. The molecule has 0 bridgehead atoms. The van der Waals surface area contributed by atoms with E-state index in [1.54, 1.807) is 18.2 Å². The van der Waals surface area contributed by atoms with Crippen LogP contribution in [0.3, 0.4) is 0 Å². The van der Waals surface area contributed by atoms with E-state index in [1.807, 2.05) is 48.5 Å². The Morgan fingerprint density at radius 3 is 2.58 bits per heavy atom. The smallest absolute Gasteiger partial charge is 0.233 e. The van der Waals surface area contributed by atoms with Crippen molar-refractivity contribution in [3.63, 3.8) is 0 Å². The summed E-state index contributed by atoms with van der Waals surface area (Å²) in [7, 11) is 1.63. The molecule has 0 atom stereocenters. The van der Waals surface area contributed by atoms with E-state index >= 15 is 0 Å². The number of thiazole rings is 1. The van der Waals surface area contributed by atoms with E-state index in [9.17, 15) is 4.79 Å². The molecule has 0 fully saturated rings. The number of amides is 1. The first-order valence-electron chi connectivity index (χ1n) is 10.3. The minimum atomic E-state index is -0.00558. The number of nitrogens with zero attached hydrogens (tertiary/aromatic N) is 3. The van der Waals surface area contributed by atoms with Crippen LogP contribution in [0.5, 0.6) is 5.75 Å². The molecule has 5 nitrogen and oxygen atoms in total. The second-order valence-corrected chi connectivity index (χ2v) is 8.71. The fraction of sp³-hybridized carbons (Fsp3) is 0.240. The number of methoxy groups -OCH3 is 1. The van der Waals surface area contributed by atoms with Crippen LogP contribution in [0, 0.1) is 0 Å². The standard InChI is InChI=1S/C25H25N3O2S/c1-17(2)19-9-7-18(8-10-19)14-24(29)28(16-20-6-4-5-13-26-20)25-27-22-15-21(30-3)11-12-23(22)31-25/h4-13,15,17H,14,16H2,1-3H3. The van der Waals surface area contributed by atoms with Gasteiger partial charge >= 0.3 is 0 Å². The van der Waals surface area contributed by atoms with Crippen LogP contribution in [-0.4, -0.2) is 23.0 Å². The van der Waals surface area contributed by atoms with Crippen LogP contribution in [-0.2, 0) is 17.8 Å². The first kappa shape index (κ1) is 21.0. The summed E-state index contributed by atoms with van der Waals surface area (Å²) in [5.41, 5.74) is 3.90. The van der Waals surface area contributed by atoms with Gasteiger partial charge in [0.1, 0.15) is 5.75 Å². The lowest BCUT2D eigenvalue weighted by molar-refractivity contribution is -0.118. The molecule has 0 aliphatic rings. The number of fused-ring (bicyclic) bond motifs is 1. The van der Waals surface area contributed by atoms with Crippen molar-refractivity contribution in [1.29, 1.82) is 0 Å². The van der Waals surface area contributed by atoms with Crippen LogP contribution >= 0.6 is 11.3 Å². The minimum absolute atomic E-state index is 0.00558. The van der Waals surface area contributed by atoms with E-state index in [1.165, 1.54) is 16.9 Å². The van der Waals surface area contributed by atoms with Gasteiger partial charge in [-0.15, -0.1) is 0 Å². The van der Waals surface area contributed by atoms with Gasteiger partial charge in [0.15, 0.2) is 5.13 Å². The van der Waals surface area contributed by atoms with Crippen molar-refractivity contribution in [2.24, 2.45) is 0 Å². The van der Waals surface area contributed by atoms with Gasteiger partial charge in [0, 0.05) is 12.3 Å². The molecule has 1 amide bonds. The van der Waals surface area contributed by atoms with Crippen LogP contribution in [0.1, 0.15) is 36.6 Å². The molecule has 158 valence electrons. The molecule has 2 aromatic carbocycles. The predicted octanol–water partition coefficient (Wildman–Crippen LogP) is 5.60. The average molecular weight is 432 g/mol. The third-order valence-corrected chi connectivity index (χ3v) is 6.22. The molecule has 0 unspecified atom stereocenters. The van der Waals surface area contributed by atoms with Gasteiger partial charge in [-0.05, 0) is 41.3 Å². The molecule has 2 aromatic heterocycles. The van der Waals surface area contributed by atoms with Gasteiger partial charge in [0.25, 0.3) is 0 Å². The Hall–Kier alpha value is -3.25. The first-order valence-corrected chi connectivity index (χ1v) is 11.1. The summed E-state index contributed by atoms with van der Waals surface area (Å²) >= 11 is 1.50. The van der Waals surface area contributed by atoms with E-state index in [4.69, 9.17) is 9.72 Å². The lowest BCUT2D eigenvalue weighted by atomic mass is 10.0. The predicted molar refractivity (Wildman–Crippen MR) is 126 cm³/mol. The summed E-state index contributed by atoms with van der Waals surface area (Å²) in [4.78, 5) is 24.3. The molecular weight excluding hydrogens is 406 g/mol. The molecule has 31 heavy (non-hydrogen) atoms. The van der Waals surface area contributed by atoms with Crippen molar-refractivity contribution < 1.29 is 9.53 Å². The number of benzene rings is 2. The van der Waals surface area contributed by atoms with Gasteiger partial charge in [-0.2, -0.15) is 0 Å². The number of carbonyl (C=O) groups is 1. The molecule has 0 aliphatic carbocycles. The van der Waals surface area contributed by atoms with Crippen molar-refractivity contribution in [3.05, 3.63) is 83.7 Å². The zero-order valence-corrected chi connectivity index (χ0v) is 18.7. The molecule has 0 spiro atoms. The topological polar surface area (TPSA) is 55.3 Å². The number of hydrogen-bond donors (Lipinski definition) is 0. The maximum absolute atomic E-state index is 13.4. The molecular formula is C25H25N3O2S. The van der Waals surface area contributed by atoms with Crippen LogP contribution in [0.25, 0.3) is 10.2 Å². The molecule has 0 saturated heterocycles. The normalized spacial score (nSPS) is 11.1. The summed E-state index contributed by atoms with van der Waals surface area (Å²) in [5.74, 6) is 1.20. The maximum atomic E-state index is 13.4. The second-order valence-electron chi connectivity index (χ2n) is 7.70. The van der Waals surface area contributed by atoms with Gasteiger partial charge in [0.2, 0.25) is 5.91 Å². The monoisotopic (exact) mass is 431 g/mol. The number of aromatic nitrogens is 2. The number of ether oxygens (including phenoxy) is 1. The van der Waals surface area contributed by atoms with E-state index in [-0.39, 0.29) is 5.91 Å². The molecule has 0 radical (unpaired) electrons. The van der Waals surface area contributed by atoms with Crippen molar-refractivity contribution in [2.75, 3.05) is 12.0 Å². The number of hydrogen-bond acceptors (Lipinski definition) is 5. The van der Waals surface area contributed by atoms with Crippen LogP contribution in [0.15, 0.2) is 66.9 Å². The van der Waals surface area contributed by atoms with E-state index < -0.39 is 0 Å². The zero-order chi connectivity index (χ0) is 21.8. The highest BCUT2D eigenvalue weighted by atomic mass is 32.1. The molecule has 4 aromatic rings. The molecule has 2 heterocycles. The van der Waals surface area contributed by atoms with E-state index in [0.717, 1.165) is 27.2 Å². The van der Waals surface area contributed by atoms with Crippen molar-refractivity contribution >= 4 is 32.6 Å². The van der Waals surface area contributed by atoms with Gasteiger partial charge in [-0.1, -0.05) is 55.5 Å². The van der Waals surface area contributed by atoms with Crippen LogP contribution in [0.4, 0.5) is 5.13 Å². The van der Waals surface area contributed by atoms with Crippen LogP contribution < -0.4 is 9.64 Å². The SMILES string of the molecule is COc1ccc2sc(N(Cc3ccccn3)C(=O)Cc3ccc(C(C)C)cc3)nc2c1. The number of pyridine rings is 1.